The average Bonchev–Trinajstić information content (AvgIpc) is 2.89. The van der Waals surface area contributed by atoms with E-state index in [0.717, 1.165) is 39.3 Å². The van der Waals surface area contributed by atoms with Gasteiger partial charge in [-0.1, -0.05) is 27.7 Å². The highest BCUT2D eigenvalue weighted by molar-refractivity contribution is 7.15. The van der Waals surface area contributed by atoms with Crippen LogP contribution in [0.4, 0.5) is 5.13 Å². The number of nitrogens with one attached hydrogen (secondary N) is 1. The van der Waals surface area contributed by atoms with Gasteiger partial charge < -0.3 is 10.2 Å². The minimum Gasteiger partial charge on any atom is -0.345 e. The van der Waals surface area contributed by atoms with Crippen LogP contribution in [-0.4, -0.2) is 48.6 Å². The second kappa shape index (κ2) is 7.56. The van der Waals surface area contributed by atoms with Crippen LogP contribution >= 0.6 is 11.3 Å². The summed E-state index contributed by atoms with van der Waals surface area (Å²) in [6.45, 7) is 17.7. The smallest absolute Gasteiger partial charge is 0.185 e. The molecule has 2 rings (SSSR count). The molecule has 1 aliphatic heterocycles. The summed E-state index contributed by atoms with van der Waals surface area (Å²) in [7, 11) is 0. The van der Waals surface area contributed by atoms with Crippen molar-refractivity contribution < 1.29 is 0 Å². The average molecular weight is 311 g/mol. The summed E-state index contributed by atoms with van der Waals surface area (Å²) in [6.07, 6.45) is 0. The minimum atomic E-state index is 0.498. The maximum Gasteiger partial charge on any atom is 0.185 e. The molecule has 0 spiro atoms. The van der Waals surface area contributed by atoms with Crippen LogP contribution in [0.25, 0.3) is 0 Å². The lowest BCUT2D eigenvalue weighted by Gasteiger charge is -2.39. The Bertz CT molecular complexity index is 443. The van der Waals surface area contributed by atoms with E-state index in [1.165, 1.54) is 15.7 Å². The molecule has 0 amide bonds. The Labute approximate surface area is 133 Å². The van der Waals surface area contributed by atoms with Gasteiger partial charge in [-0.05, 0) is 25.9 Å². The van der Waals surface area contributed by atoms with Gasteiger partial charge in [-0.15, -0.1) is 11.3 Å². The predicted octanol–water partition coefficient (Wildman–Crippen LogP) is 2.91. The van der Waals surface area contributed by atoms with Crippen LogP contribution in [0.3, 0.4) is 0 Å². The van der Waals surface area contributed by atoms with Crippen LogP contribution < -0.4 is 10.2 Å². The largest absolute Gasteiger partial charge is 0.345 e. The van der Waals surface area contributed by atoms with Gasteiger partial charge in [-0.3, -0.25) is 4.90 Å². The highest BCUT2D eigenvalue weighted by atomic mass is 32.1. The molecule has 2 heterocycles. The fourth-order valence-electron chi connectivity index (χ4n) is 2.94. The SMILES string of the molecule is CCNCc1sc(N2CCN(CC)C(C)C2)nc1C(C)C. The first kappa shape index (κ1) is 16.7. The molecular weight excluding hydrogens is 280 g/mol. The van der Waals surface area contributed by atoms with E-state index >= 15 is 0 Å². The number of hydrogen-bond acceptors (Lipinski definition) is 5. The van der Waals surface area contributed by atoms with Crippen molar-refractivity contribution in [2.45, 2.75) is 53.1 Å². The van der Waals surface area contributed by atoms with Gasteiger partial charge in [0.15, 0.2) is 5.13 Å². The van der Waals surface area contributed by atoms with Crippen LogP contribution in [-0.2, 0) is 6.54 Å². The highest BCUT2D eigenvalue weighted by Crippen LogP contribution is 2.31. The zero-order valence-electron chi connectivity index (χ0n) is 14.1. The Hall–Kier alpha value is -0.650. The summed E-state index contributed by atoms with van der Waals surface area (Å²) in [5.74, 6) is 0.498. The van der Waals surface area contributed by atoms with E-state index in [0.29, 0.717) is 12.0 Å². The molecule has 120 valence electrons. The van der Waals surface area contributed by atoms with E-state index in [1.807, 2.05) is 11.3 Å². The van der Waals surface area contributed by atoms with E-state index in [1.54, 1.807) is 0 Å². The molecule has 1 saturated heterocycles. The van der Waals surface area contributed by atoms with Gasteiger partial charge in [0, 0.05) is 37.1 Å². The van der Waals surface area contributed by atoms with Crippen molar-refractivity contribution >= 4 is 16.5 Å². The lowest BCUT2D eigenvalue weighted by Crippen LogP contribution is -2.51. The molecular formula is C16H30N4S. The minimum absolute atomic E-state index is 0.498. The molecule has 0 bridgehead atoms. The van der Waals surface area contributed by atoms with Crippen molar-refractivity contribution in [1.29, 1.82) is 0 Å². The van der Waals surface area contributed by atoms with Crippen molar-refractivity contribution in [3.8, 4) is 0 Å². The summed E-state index contributed by atoms with van der Waals surface area (Å²) in [6, 6.07) is 0.618. The molecule has 0 aromatic carbocycles. The third-order valence-corrected chi connectivity index (χ3v) is 5.37. The number of aromatic nitrogens is 1. The molecule has 1 atom stereocenters. The van der Waals surface area contributed by atoms with E-state index in [2.05, 4.69) is 49.7 Å². The zero-order valence-corrected chi connectivity index (χ0v) is 15.0. The molecule has 21 heavy (non-hydrogen) atoms. The Morgan fingerprint density at radius 2 is 2.10 bits per heavy atom. The Morgan fingerprint density at radius 3 is 2.67 bits per heavy atom. The van der Waals surface area contributed by atoms with Crippen molar-refractivity contribution in [3.63, 3.8) is 0 Å². The Kier molecular flexibility index (Phi) is 6.02. The second-order valence-corrected chi connectivity index (χ2v) is 7.23. The number of nitrogens with zero attached hydrogens (tertiary/aromatic N) is 3. The van der Waals surface area contributed by atoms with Gasteiger partial charge in [0.1, 0.15) is 0 Å². The fourth-order valence-corrected chi connectivity index (χ4v) is 4.16. The first-order chi connectivity index (χ1) is 10.1. The van der Waals surface area contributed by atoms with Crippen molar-refractivity contribution in [3.05, 3.63) is 10.6 Å². The van der Waals surface area contributed by atoms with Crippen LogP contribution in [0.2, 0.25) is 0 Å². The third-order valence-electron chi connectivity index (χ3n) is 4.24. The van der Waals surface area contributed by atoms with Crippen LogP contribution in [0.5, 0.6) is 0 Å². The van der Waals surface area contributed by atoms with E-state index < -0.39 is 0 Å². The number of piperazine rings is 1. The predicted molar refractivity (Wildman–Crippen MR) is 92.5 cm³/mol. The fraction of sp³-hybridized carbons (Fsp3) is 0.812. The van der Waals surface area contributed by atoms with Gasteiger partial charge in [0.25, 0.3) is 0 Å². The Balaban J connectivity index is 2.13. The zero-order chi connectivity index (χ0) is 15.4. The van der Waals surface area contributed by atoms with E-state index in [-0.39, 0.29) is 0 Å². The van der Waals surface area contributed by atoms with E-state index in [4.69, 9.17) is 4.98 Å². The molecule has 1 aromatic heterocycles. The second-order valence-electron chi connectivity index (χ2n) is 6.16. The molecule has 1 N–H and O–H groups in total. The van der Waals surface area contributed by atoms with Gasteiger partial charge in [-0.25, -0.2) is 4.98 Å². The number of likely N-dealkylation sites (N-methyl/N-ethyl adjacent to an activating group) is 1. The van der Waals surface area contributed by atoms with E-state index in [9.17, 15) is 0 Å². The summed E-state index contributed by atoms with van der Waals surface area (Å²) in [5, 5.41) is 4.66. The molecule has 4 nitrogen and oxygen atoms in total. The molecule has 0 saturated carbocycles. The molecule has 1 fully saturated rings. The molecule has 0 radical (unpaired) electrons. The summed E-state index contributed by atoms with van der Waals surface area (Å²) in [4.78, 5) is 11.4. The van der Waals surface area contributed by atoms with Crippen molar-refractivity contribution in [2.24, 2.45) is 0 Å². The quantitative estimate of drug-likeness (QED) is 0.875. The lowest BCUT2D eigenvalue weighted by atomic mass is 10.1. The van der Waals surface area contributed by atoms with Crippen LogP contribution in [0.1, 0.15) is 51.1 Å². The normalized spacial score (nSPS) is 20.5. The molecule has 1 unspecified atom stereocenters. The van der Waals surface area contributed by atoms with Gasteiger partial charge >= 0.3 is 0 Å². The van der Waals surface area contributed by atoms with Crippen molar-refractivity contribution in [2.75, 3.05) is 37.6 Å². The summed E-state index contributed by atoms with van der Waals surface area (Å²) in [5.41, 5.74) is 1.28. The summed E-state index contributed by atoms with van der Waals surface area (Å²) >= 11 is 1.88. The van der Waals surface area contributed by atoms with Crippen LogP contribution in [0, 0.1) is 0 Å². The maximum atomic E-state index is 4.96. The van der Waals surface area contributed by atoms with Crippen LogP contribution in [0.15, 0.2) is 0 Å². The standard InChI is InChI=1S/C16H30N4S/c1-6-17-10-14-15(12(3)4)18-16(21-14)20-9-8-19(7-2)13(5)11-20/h12-13,17H,6-11H2,1-5H3. The first-order valence-electron chi connectivity index (χ1n) is 8.26. The summed E-state index contributed by atoms with van der Waals surface area (Å²) < 4.78 is 0. The Morgan fingerprint density at radius 1 is 1.33 bits per heavy atom. The molecule has 1 aliphatic rings. The number of hydrogen-bond donors (Lipinski definition) is 1. The lowest BCUT2D eigenvalue weighted by molar-refractivity contribution is 0.199. The molecule has 0 aliphatic carbocycles. The van der Waals surface area contributed by atoms with Crippen molar-refractivity contribution in [1.82, 2.24) is 15.2 Å². The monoisotopic (exact) mass is 310 g/mol. The number of rotatable bonds is 6. The van der Waals surface area contributed by atoms with Gasteiger partial charge in [0.05, 0.1) is 5.69 Å². The topological polar surface area (TPSA) is 31.4 Å². The first-order valence-corrected chi connectivity index (χ1v) is 9.07. The molecule has 5 heteroatoms. The van der Waals surface area contributed by atoms with Gasteiger partial charge in [-0.2, -0.15) is 0 Å². The maximum absolute atomic E-state index is 4.96. The van der Waals surface area contributed by atoms with Gasteiger partial charge in [0.2, 0.25) is 0 Å². The molecule has 1 aromatic rings. The highest BCUT2D eigenvalue weighted by Gasteiger charge is 2.25. The number of thiazole rings is 1. The number of anilines is 1. The third kappa shape index (κ3) is 3.96.